The van der Waals surface area contributed by atoms with Crippen LogP contribution in [0.1, 0.15) is 17.2 Å². The van der Waals surface area contributed by atoms with Gasteiger partial charge < -0.3 is 15.7 Å². The molecule has 0 saturated carbocycles. The van der Waals surface area contributed by atoms with Crippen molar-refractivity contribution in [1.82, 2.24) is 20.1 Å². The fraction of sp³-hybridized carbons (Fsp3) is 0.156. The van der Waals surface area contributed by atoms with Gasteiger partial charge in [-0.05, 0) is 48.4 Å². The number of anilines is 1. The third-order valence-corrected chi connectivity index (χ3v) is 6.45. The van der Waals surface area contributed by atoms with E-state index in [0.717, 1.165) is 52.3 Å². The fourth-order valence-electron chi connectivity index (χ4n) is 4.38. The average molecular weight is 518 g/mol. The molecule has 196 valence electrons. The molecule has 1 amide bonds. The molecule has 0 aliphatic carbocycles. The maximum absolute atomic E-state index is 13.0. The predicted octanol–water partition coefficient (Wildman–Crippen LogP) is 5.12. The number of carbonyl (C=O) groups is 1. The standard InChI is InChI=1S/C32H31N5O2/c38-31(27-12-7-18-33-21-27)22-34-19-17-24-13-15-28(16-14-24)35-32(39)23-37-30(26-10-5-2-6-11-26)20-29(36-37)25-8-3-1-4-9-25/h1-16,18,20-21,31,34,38H,17,19,22-23H2,(H,35,39)/t31-/m0/s1. The normalized spacial score (nSPS) is 11.7. The molecule has 0 radical (unpaired) electrons. The van der Waals surface area contributed by atoms with Crippen molar-refractivity contribution in [3.63, 3.8) is 0 Å². The van der Waals surface area contributed by atoms with Crippen LogP contribution < -0.4 is 10.6 Å². The van der Waals surface area contributed by atoms with Crippen molar-refractivity contribution in [2.45, 2.75) is 19.1 Å². The zero-order chi connectivity index (χ0) is 26.9. The van der Waals surface area contributed by atoms with Crippen LogP contribution in [-0.4, -0.2) is 38.9 Å². The summed E-state index contributed by atoms with van der Waals surface area (Å²) in [7, 11) is 0. The van der Waals surface area contributed by atoms with Crippen molar-refractivity contribution in [3.05, 3.63) is 127 Å². The van der Waals surface area contributed by atoms with E-state index < -0.39 is 6.10 Å². The lowest BCUT2D eigenvalue weighted by atomic mass is 10.1. The fourth-order valence-corrected chi connectivity index (χ4v) is 4.38. The van der Waals surface area contributed by atoms with Gasteiger partial charge in [0.1, 0.15) is 6.54 Å². The third kappa shape index (κ3) is 7.04. The number of hydrogen-bond acceptors (Lipinski definition) is 5. The zero-order valence-electron chi connectivity index (χ0n) is 21.6. The summed E-state index contributed by atoms with van der Waals surface area (Å²) in [5, 5.41) is 21.3. The summed E-state index contributed by atoms with van der Waals surface area (Å²) in [6.07, 6.45) is 3.59. The highest BCUT2D eigenvalue weighted by Crippen LogP contribution is 2.26. The molecule has 0 aliphatic rings. The van der Waals surface area contributed by atoms with Gasteiger partial charge in [-0.1, -0.05) is 78.9 Å². The number of nitrogens with one attached hydrogen (secondary N) is 2. The first-order valence-corrected chi connectivity index (χ1v) is 13.0. The minimum Gasteiger partial charge on any atom is -0.387 e. The third-order valence-electron chi connectivity index (χ3n) is 6.45. The van der Waals surface area contributed by atoms with Crippen LogP contribution in [0.2, 0.25) is 0 Å². The Morgan fingerprint density at radius 2 is 1.59 bits per heavy atom. The van der Waals surface area contributed by atoms with Crippen molar-refractivity contribution >= 4 is 11.6 Å². The molecule has 1 atom stereocenters. The zero-order valence-corrected chi connectivity index (χ0v) is 21.6. The molecule has 3 aromatic carbocycles. The van der Waals surface area contributed by atoms with Gasteiger partial charge in [-0.3, -0.25) is 14.5 Å². The molecule has 0 unspecified atom stereocenters. The number of carbonyl (C=O) groups excluding carboxylic acids is 1. The minimum atomic E-state index is -0.586. The van der Waals surface area contributed by atoms with Crippen molar-refractivity contribution < 1.29 is 9.90 Å². The van der Waals surface area contributed by atoms with E-state index in [1.165, 1.54) is 0 Å². The Balaban J connectivity index is 1.17. The van der Waals surface area contributed by atoms with E-state index in [9.17, 15) is 9.90 Å². The van der Waals surface area contributed by atoms with E-state index in [-0.39, 0.29) is 12.5 Å². The summed E-state index contributed by atoms with van der Waals surface area (Å²) in [6.45, 7) is 1.29. The van der Waals surface area contributed by atoms with Crippen LogP contribution in [0.15, 0.2) is 116 Å². The van der Waals surface area contributed by atoms with Gasteiger partial charge in [0.15, 0.2) is 0 Å². The number of aliphatic hydroxyl groups excluding tert-OH is 1. The minimum absolute atomic E-state index is 0.0992. The van der Waals surface area contributed by atoms with Crippen molar-refractivity contribution in [1.29, 1.82) is 0 Å². The molecule has 0 spiro atoms. The molecular weight excluding hydrogens is 486 g/mol. The molecule has 7 nitrogen and oxygen atoms in total. The Morgan fingerprint density at radius 3 is 2.28 bits per heavy atom. The molecule has 2 heterocycles. The average Bonchev–Trinajstić information content (AvgIpc) is 3.41. The van der Waals surface area contributed by atoms with Crippen LogP contribution in [0.5, 0.6) is 0 Å². The summed E-state index contributed by atoms with van der Waals surface area (Å²) >= 11 is 0. The highest BCUT2D eigenvalue weighted by molar-refractivity contribution is 5.91. The van der Waals surface area contributed by atoms with Gasteiger partial charge in [0, 0.05) is 35.8 Å². The quantitative estimate of drug-likeness (QED) is 0.212. The van der Waals surface area contributed by atoms with Gasteiger partial charge in [-0.15, -0.1) is 0 Å². The number of pyridine rings is 1. The summed E-state index contributed by atoms with van der Waals surface area (Å²) in [6, 6.07) is 33.5. The SMILES string of the molecule is O=C(Cn1nc(-c2ccccc2)cc1-c1ccccc1)Nc1ccc(CCNC[C@H](O)c2cccnc2)cc1. The lowest BCUT2D eigenvalue weighted by Gasteiger charge is -2.12. The van der Waals surface area contributed by atoms with Crippen LogP contribution in [0.3, 0.4) is 0 Å². The number of hydrogen-bond donors (Lipinski definition) is 3. The van der Waals surface area contributed by atoms with Crippen LogP contribution in [-0.2, 0) is 17.8 Å². The Kier molecular flexibility index (Phi) is 8.53. The number of rotatable bonds is 11. The second-order valence-corrected chi connectivity index (χ2v) is 9.31. The second kappa shape index (κ2) is 12.8. The summed E-state index contributed by atoms with van der Waals surface area (Å²) < 4.78 is 1.76. The van der Waals surface area contributed by atoms with E-state index in [2.05, 4.69) is 15.6 Å². The molecule has 7 heteroatoms. The highest BCUT2D eigenvalue weighted by atomic mass is 16.3. The highest BCUT2D eigenvalue weighted by Gasteiger charge is 2.14. The largest absolute Gasteiger partial charge is 0.387 e. The van der Waals surface area contributed by atoms with Gasteiger partial charge in [0.05, 0.1) is 17.5 Å². The Labute approximate surface area is 228 Å². The first kappa shape index (κ1) is 26.0. The molecule has 2 aromatic heterocycles. The Bertz CT molecular complexity index is 1470. The van der Waals surface area contributed by atoms with E-state index >= 15 is 0 Å². The van der Waals surface area contributed by atoms with Crippen LogP contribution in [0, 0.1) is 0 Å². The van der Waals surface area contributed by atoms with Gasteiger partial charge in [0.2, 0.25) is 5.91 Å². The number of aromatic nitrogens is 3. The van der Waals surface area contributed by atoms with E-state index in [0.29, 0.717) is 6.54 Å². The monoisotopic (exact) mass is 517 g/mol. The van der Waals surface area contributed by atoms with Gasteiger partial charge in [-0.25, -0.2) is 0 Å². The van der Waals surface area contributed by atoms with Crippen LogP contribution in [0.4, 0.5) is 5.69 Å². The maximum atomic E-state index is 13.0. The van der Waals surface area contributed by atoms with E-state index in [1.807, 2.05) is 103 Å². The Morgan fingerprint density at radius 1 is 0.872 bits per heavy atom. The molecule has 0 aliphatic heterocycles. The van der Waals surface area contributed by atoms with Gasteiger partial charge in [0.25, 0.3) is 0 Å². The molecule has 5 rings (SSSR count). The molecule has 0 fully saturated rings. The summed E-state index contributed by atoms with van der Waals surface area (Å²) in [5.41, 5.74) is 6.40. The smallest absolute Gasteiger partial charge is 0.246 e. The maximum Gasteiger partial charge on any atom is 0.246 e. The molecule has 0 saturated heterocycles. The van der Waals surface area contributed by atoms with Crippen molar-refractivity contribution in [3.8, 4) is 22.5 Å². The molecule has 3 N–H and O–H groups in total. The van der Waals surface area contributed by atoms with Gasteiger partial charge in [-0.2, -0.15) is 5.10 Å². The summed E-state index contributed by atoms with van der Waals surface area (Å²) in [5.74, 6) is -0.145. The number of aliphatic hydroxyl groups is 1. The Hall–Kier alpha value is -4.59. The second-order valence-electron chi connectivity index (χ2n) is 9.31. The first-order valence-electron chi connectivity index (χ1n) is 13.0. The van der Waals surface area contributed by atoms with E-state index in [4.69, 9.17) is 5.10 Å². The number of amides is 1. The molecular formula is C32H31N5O2. The lowest BCUT2D eigenvalue weighted by molar-refractivity contribution is -0.116. The molecule has 39 heavy (non-hydrogen) atoms. The number of benzene rings is 3. The van der Waals surface area contributed by atoms with Crippen LogP contribution >= 0.6 is 0 Å². The van der Waals surface area contributed by atoms with Gasteiger partial charge >= 0.3 is 0 Å². The first-order chi connectivity index (χ1) is 19.2. The van der Waals surface area contributed by atoms with E-state index in [1.54, 1.807) is 17.1 Å². The van der Waals surface area contributed by atoms with Crippen LogP contribution in [0.25, 0.3) is 22.5 Å². The lowest BCUT2D eigenvalue weighted by Crippen LogP contribution is -2.23. The molecule has 5 aromatic rings. The van der Waals surface area contributed by atoms with Crippen molar-refractivity contribution in [2.24, 2.45) is 0 Å². The van der Waals surface area contributed by atoms with Crippen molar-refractivity contribution in [2.75, 3.05) is 18.4 Å². The number of nitrogens with zero attached hydrogens (tertiary/aromatic N) is 3. The topological polar surface area (TPSA) is 92.1 Å². The molecule has 0 bridgehead atoms. The summed E-state index contributed by atoms with van der Waals surface area (Å²) in [4.78, 5) is 17.0. The predicted molar refractivity (Wildman–Crippen MR) is 154 cm³/mol.